The summed E-state index contributed by atoms with van der Waals surface area (Å²) in [6.45, 7) is 8.87. The first-order chi connectivity index (χ1) is 5.70. The molecule has 0 aliphatic carbocycles. The molecule has 0 fully saturated rings. The van der Waals surface area contributed by atoms with Crippen LogP contribution in [0.5, 0.6) is 0 Å². The lowest BCUT2D eigenvalue weighted by atomic mass is 10.1. The van der Waals surface area contributed by atoms with Crippen LogP contribution in [0.2, 0.25) is 0 Å². The van der Waals surface area contributed by atoms with Crippen molar-refractivity contribution in [3.05, 3.63) is 23.8 Å². The van der Waals surface area contributed by atoms with Crippen molar-refractivity contribution in [1.82, 2.24) is 0 Å². The second-order valence-corrected chi connectivity index (χ2v) is 3.45. The molecule has 0 nitrogen and oxygen atoms in total. The molecule has 0 aromatic rings. The van der Waals surface area contributed by atoms with Crippen LogP contribution in [0.25, 0.3) is 0 Å². The van der Waals surface area contributed by atoms with Gasteiger partial charge in [0, 0.05) is 0 Å². The van der Waals surface area contributed by atoms with Crippen molar-refractivity contribution in [2.24, 2.45) is 5.92 Å². The average Bonchev–Trinajstić information content (AvgIpc) is 2.11. The largest absolute Gasteiger partial charge is 0.0854 e. The fraction of sp³-hybridized carbons (Fsp3) is 0.667. The smallest absolute Gasteiger partial charge is 0.0167 e. The maximum absolute atomic E-state index is 2.31. The van der Waals surface area contributed by atoms with Gasteiger partial charge in [-0.05, 0) is 25.7 Å². The molecule has 12 heavy (non-hydrogen) atoms. The lowest BCUT2D eigenvalue weighted by Crippen LogP contribution is -1.83. The monoisotopic (exact) mass is 166 g/mol. The summed E-state index contributed by atoms with van der Waals surface area (Å²) in [6.07, 6.45) is 10.4. The van der Waals surface area contributed by atoms with Crippen LogP contribution in [0.4, 0.5) is 0 Å². The van der Waals surface area contributed by atoms with E-state index in [2.05, 4.69) is 45.9 Å². The van der Waals surface area contributed by atoms with Crippen LogP contribution in [0.1, 0.15) is 47.0 Å². The molecule has 0 bridgehead atoms. The Morgan fingerprint density at radius 2 is 2.00 bits per heavy atom. The quantitative estimate of drug-likeness (QED) is 0.533. The zero-order valence-corrected chi connectivity index (χ0v) is 8.93. The first kappa shape index (κ1) is 11.5. The number of rotatable bonds is 5. The molecule has 0 saturated heterocycles. The normalized spacial score (nSPS) is 15.5. The summed E-state index contributed by atoms with van der Waals surface area (Å²) in [7, 11) is 0. The van der Waals surface area contributed by atoms with Gasteiger partial charge in [-0.2, -0.15) is 0 Å². The van der Waals surface area contributed by atoms with Crippen molar-refractivity contribution in [2.45, 2.75) is 47.0 Å². The van der Waals surface area contributed by atoms with Crippen LogP contribution in [0, 0.1) is 5.92 Å². The van der Waals surface area contributed by atoms with Gasteiger partial charge in [0.25, 0.3) is 0 Å². The molecule has 0 heterocycles. The first-order valence-electron chi connectivity index (χ1n) is 5.03. The Morgan fingerprint density at radius 1 is 1.33 bits per heavy atom. The van der Waals surface area contributed by atoms with Crippen LogP contribution in [0.15, 0.2) is 23.8 Å². The summed E-state index contributed by atoms with van der Waals surface area (Å²) in [6, 6.07) is 0. The highest BCUT2D eigenvalue weighted by atomic mass is 13.9. The predicted molar refractivity (Wildman–Crippen MR) is 57.3 cm³/mol. The minimum absolute atomic E-state index is 0.736. The van der Waals surface area contributed by atoms with E-state index in [1.807, 2.05) is 0 Å². The van der Waals surface area contributed by atoms with Gasteiger partial charge in [-0.1, -0.05) is 51.0 Å². The molecule has 0 aromatic heterocycles. The van der Waals surface area contributed by atoms with Crippen molar-refractivity contribution in [2.75, 3.05) is 0 Å². The molecule has 0 aromatic carbocycles. The molecule has 0 saturated carbocycles. The molecule has 0 heteroatoms. The first-order valence-corrected chi connectivity index (χ1v) is 5.03. The van der Waals surface area contributed by atoms with E-state index in [0.29, 0.717) is 0 Å². The van der Waals surface area contributed by atoms with Crippen LogP contribution < -0.4 is 0 Å². The second-order valence-electron chi connectivity index (χ2n) is 3.45. The Kier molecular flexibility index (Phi) is 6.84. The maximum atomic E-state index is 2.31. The van der Waals surface area contributed by atoms with E-state index in [-0.39, 0.29) is 0 Å². The highest BCUT2D eigenvalue weighted by molar-refractivity contribution is 5.01. The highest BCUT2D eigenvalue weighted by Crippen LogP contribution is 2.04. The molecular weight excluding hydrogens is 144 g/mol. The van der Waals surface area contributed by atoms with E-state index in [1.165, 1.54) is 18.4 Å². The molecule has 1 unspecified atom stereocenters. The summed E-state index contributed by atoms with van der Waals surface area (Å²) in [5.41, 5.74) is 1.49. The lowest BCUT2D eigenvalue weighted by molar-refractivity contribution is 0.696. The van der Waals surface area contributed by atoms with Crippen molar-refractivity contribution >= 4 is 0 Å². The maximum Gasteiger partial charge on any atom is -0.0167 e. The molecule has 0 rings (SSSR count). The molecule has 0 radical (unpaired) electrons. The van der Waals surface area contributed by atoms with Gasteiger partial charge < -0.3 is 0 Å². The topological polar surface area (TPSA) is 0 Å². The lowest BCUT2D eigenvalue weighted by Gasteiger charge is -1.98. The second kappa shape index (κ2) is 7.15. The SMILES string of the molecule is CCC(C)=CC/C=C\C(C)CC. The number of hydrogen-bond donors (Lipinski definition) is 0. The third-order valence-electron chi connectivity index (χ3n) is 2.27. The van der Waals surface area contributed by atoms with Crippen molar-refractivity contribution in [1.29, 1.82) is 0 Å². The van der Waals surface area contributed by atoms with E-state index in [1.54, 1.807) is 0 Å². The number of hydrogen-bond acceptors (Lipinski definition) is 0. The van der Waals surface area contributed by atoms with E-state index in [9.17, 15) is 0 Å². The summed E-state index contributed by atoms with van der Waals surface area (Å²) in [4.78, 5) is 0. The predicted octanol–water partition coefficient (Wildman–Crippen LogP) is 4.34. The molecule has 0 spiro atoms. The minimum Gasteiger partial charge on any atom is -0.0854 e. The summed E-state index contributed by atoms with van der Waals surface area (Å²) < 4.78 is 0. The van der Waals surface area contributed by atoms with Crippen LogP contribution in [-0.2, 0) is 0 Å². The third kappa shape index (κ3) is 6.21. The Balaban J connectivity index is 3.61. The third-order valence-corrected chi connectivity index (χ3v) is 2.27. The van der Waals surface area contributed by atoms with Crippen LogP contribution in [-0.4, -0.2) is 0 Å². The van der Waals surface area contributed by atoms with Crippen molar-refractivity contribution < 1.29 is 0 Å². The fourth-order valence-electron chi connectivity index (χ4n) is 0.861. The van der Waals surface area contributed by atoms with E-state index in [0.717, 1.165) is 12.3 Å². The Bertz CT molecular complexity index is 151. The summed E-state index contributed by atoms with van der Waals surface area (Å²) in [5, 5.41) is 0. The van der Waals surface area contributed by atoms with Crippen LogP contribution >= 0.6 is 0 Å². The highest BCUT2D eigenvalue weighted by Gasteiger charge is 1.88. The molecule has 0 aliphatic rings. The Hall–Kier alpha value is -0.520. The minimum atomic E-state index is 0.736. The van der Waals surface area contributed by atoms with Gasteiger partial charge in [0.1, 0.15) is 0 Å². The van der Waals surface area contributed by atoms with E-state index < -0.39 is 0 Å². The van der Waals surface area contributed by atoms with E-state index in [4.69, 9.17) is 0 Å². The molecule has 1 atom stereocenters. The molecular formula is C12H22. The van der Waals surface area contributed by atoms with Crippen LogP contribution in [0.3, 0.4) is 0 Å². The number of allylic oxidation sites excluding steroid dienone is 4. The standard InChI is InChI=1S/C12H22/c1-5-11(3)9-7-8-10-12(4)6-2/h7,9-11H,5-6,8H2,1-4H3/b9-7-,12-10?. The molecule has 0 aliphatic heterocycles. The summed E-state index contributed by atoms with van der Waals surface area (Å²) in [5.74, 6) is 0.736. The van der Waals surface area contributed by atoms with Gasteiger partial charge in [0.15, 0.2) is 0 Å². The molecule has 0 N–H and O–H groups in total. The fourth-order valence-corrected chi connectivity index (χ4v) is 0.861. The van der Waals surface area contributed by atoms with Crippen molar-refractivity contribution in [3.63, 3.8) is 0 Å². The van der Waals surface area contributed by atoms with E-state index >= 15 is 0 Å². The van der Waals surface area contributed by atoms with Gasteiger partial charge in [-0.15, -0.1) is 0 Å². The van der Waals surface area contributed by atoms with Gasteiger partial charge in [-0.3, -0.25) is 0 Å². The Morgan fingerprint density at radius 3 is 2.50 bits per heavy atom. The van der Waals surface area contributed by atoms with Gasteiger partial charge in [0.2, 0.25) is 0 Å². The molecule has 0 amide bonds. The van der Waals surface area contributed by atoms with Gasteiger partial charge in [0.05, 0.1) is 0 Å². The Labute approximate surface area is 77.4 Å². The van der Waals surface area contributed by atoms with Gasteiger partial charge in [-0.25, -0.2) is 0 Å². The van der Waals surface area contributed by atoms with Gasteiger partial charge >= 0.3 is 0 Å². The zero-order valence-electron chi connectivity index (χ0n) is 8.93. The molecule has 70 valence electrons. The average molecular weight is 166 g/mol. The zero-order chi connectivity index (χ0) is 9.40. The summed E-state index contributed by atoms with van der Waals surface area (Å²) >= 11 is 0. The van der Waals surface area contributed by atoms with Crippen molar-refractivity contribution in [3.8, 4) is 0 Å².